The number of rotatable bonds is 4. The molecule has 0 saturated carbocycles. The molecule has 4 aromatic rings. The molecule has 0 bridgehead atoms. The zero-order valence-corrected chi connectivity index (χ0v) is 14.9. The second-order valence-electron chi connectivity index (χ2n) is 6.05. The fourth-order valence-corrected chi connectivity index (χ4v) is 3.96. The van der Waals surface area contributed by atoms with E-state index in [-0.39, 0.29) is 11.3 Å². The van der Waals surface area contributed by atoms with Gasteiger partial charge in [0.1, 0.15) is 22.3 Å². The average Bonchev–Trinajstić information content (AvgIpc) is 3.08. The number of benzene rings is 3. The number of anilines is 1. The van der Waals surface area contributed by atoms with Crippen LogP contribution in [0.5, 0.6) is 0 Å². The molecule has 0 aliphatic carbocycles. The Morgan fingerprint density at radius 2 is 1.75 bits per heavy atom. The van der Waals surface area contributed by atoms with E-state index >= 15 is 0 Å². The van der Waals surface area contributed by atoms with Gasteiger partial charge in [-0.1, -0.05) is 12.1 Å². The monoisotopic (exact) mass is 403 g/mol. The smallest absolute Gasteiger partial charge is 0.264 e. The van der Waals surface area contributed by atoms with Crippen LogP contribution >= 0.6 is 0 Å². The van der Waals surface area contributed by atoms with E-state index in [1.165, 1.54) is 18.3 Å². The second-order valence-corrected chi connectivity index (χ2v) is 7.70. The molecule has 28 heavy (non-hydrogen) atoms. The SMILES string of the molecule is O=S(=O)(Nc1cccc(F)c1)c1cc(-c2ccc3[nH]ncc3c2)c(F)cc1F. The summed E-state index contributed by atoms with van der Waals surface area (Å²) in [7, 11) is -4.42. The van der Waals surface area contributed by atoms with Crippen LogP contribution in [0.25, 0.3) is 22.0 Å². The minimum atomic E-state index is -4.42. The molecule has 0 aliphatic rings. The highest BCUT2D eigenvalue weighted by Gasteiger charge is 2.23. The fraction of sp³-hybridized carbons (Fsp3) is 0. The highest BCUT2D eigenvalue weighted by atomic mass is 32.2. The fourth-order valence-electron chi connectivity index (χ4n) is 2.83. The summed E-state index contributed by atoms with van der Waals surface area (Å²) < 4.78 is 69.2. The standard InChI is InChI=1S/C19H12F3N3O2S/c20-13-2-1-3-14(7-13)25-28(26,27)19-8-15(16(21)9-17(19)22)11-4-5-18-12(6-11)10-23-24-18/h1-10,25H,(H,23,24). The van der Waals surface area contributed by atoms with E-state index in [9.17, 15) is 21.6 Å². The van der Waals surface area contributed by atoms with Crippen molar-refractivity contribution in [2.24, 2.45) is 0 Å². The summed E-state index contributed by atoms with van der Waals surface area (Å²) in [5.41, 5.74) is 0.898. The molecule has 1 aromatic heterocycles. The lowest BCUT2D eigenvalue weighted by molar-refractivity contribution is 0.552. The predicted molar refractivity (Wildman–Crippen MR) is 98.7 cm³/mol. The van der Waals surface area contributed by atoms with Crippen molar-refractivity contribution in [2.75, 3.05) is 4.72 Å². The summed E-state index contributed by atoms with van der Waals surface area (Å²) in [5.74, 6) is -2.83. The molecular weight excluding hydrogens is 391 g/mol. The lowest BCUT2D eigenvalue weighted by Gasteiger charge is -2.12. The zero-order valence-electron chi connectivity index (χ0n) is 14.1. The van der Waals surface area contributed by atoms with Gasteiger partial charge in [0, 0.05) is 17.0 Å². The van der Waals surface area contributed by atoms with Gasteiger partial charge in [-0.25, -0.2) is 21.6 Å². The van der Waals surface area contributed by atoms with E-state index in [1.807, 2.05) is 0 Å². The van der Waals surface area contributed by atoms with Crippen LogP contribution in [0.3, 0.4) is 0 Å². The van der Waals surface area contributed by atoms with Crippen LogP contribution in [-0.2, 0) is 10.0 Å². The second kappa shape index (κ2) is 6.68. The van der Waals surface area contributed by atoms with Gasteiger partial charge in [0.15, 0.2) is 0 Å². The molecule has 1 heterocycles. The first kappa shape index (κ1) is 18.1. The van der Waals surface area contributed by atoms with Gasteiger partial charge in [0.25, 0.3) is 10.0 Å². The van der Waals surface area contributed by atoms with Crippen LogP contribution in [0.2, 0.25) is 0 Å². The van der Waals surface area contributed by atoms with Gasteiger partial charge in [0.2, 0.25) is 0 Å². The first-order valence-electron chi connectivity index (χ1n) is 8.04. The molecule has 0 spiro atoms. The molecule has 2 N–H and O–H groups in total. The third-order valence-electron chi connectivity index (χ3n) is 4.14. The minimum Gasteiger partial charge on any atom is -0.279 e. The van der Waals surface area contributed by atoms with Crippen molar-refractivity contribution in [3.63, 3.8) is 0 Å². The number of hydrogen-bond acceptors (Lipinski definition) is 3. The molecule has 5 nitrogen and oxygen atoms in total. The van der Waals surface area contributed by atoms with Crippen molar-refractivity contribution < 1.29 is 21.6 Å². The Hall–Kier alpha value is -3.33. The summed E-state index contributed by atoms with van der Waals surface area (Å²) in [5, 5.41) is 7.30. The highest BCUT2D eigenvalue weighted by Crippen LogP contribution is 2.30. The summed E-state index contributed by atoms with van der Waals surface area (Å²) in [6.07, 6.45) is 1.53. The van der Waals surface area contributed by atoms with Gasteiger partial charge in [0.05, 0.1) is 17.4 Å². The summed E-state index contributed by atoms with van der Waals surface area (Å²) in [6.45, 7) is 0. The Kier molecular flexibility index (Phi) is 4.31. The Balaban J connectivity index is 1.80. The first-order chi connectivity index (χ1) is 13.3. The molecule has 0 atom stereocenters. The van der Waals surface area contributed by atoms with Crippen LogP contribution in [0.4, 0.5) is 18.9 Å². The van der Waals surface area contributed by atoms with Crippen LogP contribution in [0, 0.1) is 17.5 Å². The maximum atomic E-state index is 14.4. The van der Waals surface area contributed by atoms with Crippen molar-refractivity contribution in [3.8, 4) is 11.1 Å². The summed E-state index contributed by atoms with van der Waals surface area (Å²) in [4.78, 5) is -0.750. The van der Waals surface area contributed by atoms with Crippen LogP contribution in [-0.4, -0.2) is 18.6 Å². The number of halogens is 3. The molecule has 0 saturated heterocycles. The van der Waals surface area contributed by atoms with E-state index in [1.54, 1.807) is 18.2 Å². The normalized spacial score (nSPS) is 11.7. The lowest BCUT2D eigenvalue weighted by atomic mass is 10.0. The van der Waals surface area contributed by atoms with Gasteiger partial charge in [-0.2, -0.15) is 5.10 Å². The van der Waals surface area contributed by atoms with E-state index in [2.05, 4.69) is 14.9 Å². The molecule has 0 fully saturated rings. The van der Waals surface area contributed by atoms with Gasteiger partial charge >= 0.3 is 0 Å². The number of aromatic nitrogens is 2. The quantitative estimate of drug-likeness (QED) is 0.529. The van der Waals surface area contributed by atoms with Crippen molar-refractivity contribution in [2.45, 2.75) is 4.90 Å². The summed E-state index contributed by atoms with van der Waals surface area (Å²) >= 11 is 0. The number of sulfonamides is 1. The van der Waals surface area contributed by atoms with E-state index in [4.69, 9.17) is 0 Å². The Labute approximate surface area is 157 Å². The molecule has 4 rings (SSSR count). The van der Waals surface area contributed by atoms with Gasteiger partial charge in [-0.15, -0.1) is 0 Å². The van der Waals surface area contributed by atoms with Crippen LogP contribution in [0.15, 0.2) is 65.7 Å². The van der Waals surface area contributed by atoms with Gasteiger partial charge in [-0.05, 0) is 42.0 Å². The summed E-state index contributed by atoms with van der Waals surface area (Å²) in [6, 6.07) is 10.9. The minimum absolute atomic E-state index is 0.0786. The van der Waals surface area contributed by atoms with E-state index < -0.39 is 32.4 Å². The number of fused-ring (bicyclic) bond motifs is 1. The average molecular weight is 403 g/mol. The van der Waals surface area contributed by atoms with Crippen LogP contribution in [0.1, 0.15) is 0 Å². The third-order valence-corrected chi connectivity index (χ3v) is 5.54. The molecule has 142 valence electrons. The maximum Gasteiger partial charge on any atom is 0.264 e. The topological polar surface area (TPSA) is 74.8 Å². The van der Waals surface area contributed by atoms with Crippen molar-refractivity contribution >= 4 is 26.6 Å². The van der Waals surface area contributed by atoms with Crippen molar-refractivity contribution in [3.05, 3.63) is 78.2 Å². The molecular formula is C19H12F3N3O2S. The number of aromatic amines is 1. The first-order valence-corrected chi connectivity index (χ1v) is 9.53. The lowest BCUT2D eigenvalue weighted by Crippen LogP contribution is -2.15. The van der Waals surface area contributed by atoms with Gasteiger partial charge in [-0.3, -0.25) is 9.82 Å². The molecule has 0 radical (unpaired) electrons. The molecule has 9 heteroatoms. The number of hydrogen-bond donors (Lipinski definition) is 2. The Morgan fingerprint density at radius 3 is 2.54 bits per heavy atom. The zero-order chi connectivity index (χ0) is 19.9. The number of nitrogens with one attached hydrogen (secondary N) is 2. The van der Waals surface area contributed by atoms with Crippen LogP contribution < -0.4 is 4.72 Å². The number of nitrogens with zero attached hydrogens (tertiary/aromatic N) is 1. The van der Waals surface area contributed by atoms with E-state index in [0.29, 0.717) is 22.5 Å². The number of H-pyrrole nitrogens is 1. The molecule has 0 amide bonds. The molecule has 0 unspecified atom stereocenters. The highest BCUT2D eigenvalue weighted by molar-refractivity contribution is 7.92. The van der Waals surface area contributed by atoms with Crippen molar-refractivity contribution in [1.82, 2.24) is 10.2 Å². The Bertz CT molecular complexity index is 1300. The molecule has 3 aromatic carbocycles. The molecule has 0 aliphatic heterocycles. The Morgan fingerprint density at radius 1 is 0.929 bits per heavy atom. The maximum absolute atomic E-state index is 14.4. The van der Waals surface area contributed by atoms with E-state index in [0.717, 1.165) is 18.2 Å². The van der Waals surface area contributed by atoms with Gasteiger partial charge < -0.3 is 0 Å². The third kappa shape index (κ3) is 3.31. The predicted octanol–water partition coefficient (Wildman–Crippen LogP) is 4.45. The largest absolute Gasteiger partial charge is 0.279 e. The van der Waals surface area contributed by atoms with Crippen molar-refractivity contribution in [1.29, 1.82) is 0 Å².